The van der Waals surface area contributed by atoms with Gasteiger partial charge in [-0.25, -0.2) is 0 Å². The van der Waals surface area contributed by atoms with Gasteiger partial charge < -0.3 is 19.5 Å². The number of likely N-dealkylation sites (N-methyl/N-ethyl adjacent to an activating group) is 1. The van der Waals surface area contributed by atoms with Crippen LogP contribution in [0.3, 0.4) is 0 Å². The summed E-state index contributed by atoms with van der Waals surface area (Å²) in [5.74, 6) is 0.767. The molecule has 1 aliphatic rings. The third-order valence-electron chi connectivity index (χ3n) is 4.84. The van der Waals surface area contributed by atoms with Crippen molar-refractivity contribution in [3.8, 4) is 0 Å². The summed E-state index contributed by atoms with van der Waals surface area (Å²) in [5, 5.41) is 19.8. The second-order valence-corrected chi connectivity index (χ2v) is 6.68. The van der Waals surface area contributed by atoms with E-state index < -0.39 is 0 Å². The first-order valence-electron chi connectivity index (χ1n) is 8.28. The highest BCUT2D eigenvalue weighted by Gasteiger charge is 2.32. The fraction of sp³-hybridized carbons (Fsp3) is 0.556. The molecular formula is C18H26N2O3. The summed E-state index contributed by atoms with van der Waals surface area (Å²) in [6.45, 7) is 4.84. The molecule has 1 aliphatic heterocycles. The van der Waals surface area contributed by atoms with E-state index in [1.54, 1.807) is 6.26 Å². The smallest absolute Gasteiger partial charge is 0.133 e. The summed E-state index contributed by atoms with van der Waals surface area (Å²) >= 11 is 0. The van der Waals surface area contributed by atoms with Gasteiger partial charge in [-0.05, 0) is 42.6 Å². The van der Waals surface area contributed by atoms with E-state index >= 15 is 0 Å². The first kappa shape index (κ1) is 16.5. The van der Waals surface area contributed by atoms with E-state index in [-0.39, 0.29) is 13.2 Å². The van der Waals surface area contributed by atoms with Crippen LogP contribution in [0.25, 0.3) is 11.0 Å². The van der Waals surface area contributed by atoms with Gasteiger partial charge in [0.2, 0.25) is 0 Å². The number of hydrogen-bond donors (Lipinski definition) is 2. The quantitative estimate of drug-likeness (QED) is 0.808. The number of rotatable bonds is 7. The monoisotopic (exact) mass is 318 g/mol. The summed E-state index contributed by atoms with van der Waals surface area (Å²) in [6, 6.07) is 8.31. The van der Waals surface area contributed by atoms with E-state index in [0.717, 1.165) is 37.1 Å². The summed E-state index contributed by atoms with van der Waals surface area (Å²) in [7, 11) is 2.03. The Labute approximate surface area is 137 Å². The molecule has 1 aromatic heterocycles. The average molecular weight is 318 g/mol. The molecule has 2 aromatic rings. The van der Waals surface area contributed by atoms with Crippen LogP contribution in [-0.2, 0) is 6.54 Å². The largest absolute Gasteiger partial charge is 0.464 e. The minimum Gasteiger partial charge on any atom is -0.464 e. The minimum atomic E-state index is 0.182. The summed E-state index contributed by atoms with van der Waals surface area (Å²) in [4.78, 5) is 4.56. The lowest BCUT2D eigenvalue weighted by molar-refractivity contribution is 0.160. The van der Waals surface area contributed by atoms with E-state index in [0.29, 0.717) is 18.4 Å². The van der Waals surface area contributed by atoms with Crippen LogP contribution in [0.15, 0.2) is 34.9 Å². The van der Waals surface area contributed by atoms with E-state index in [4.69, 9.17) is 9.52 Å². The molecule has 0 aliphatic carbocycles. The van der Waals surface area contributed by atoms with Crippen LogP contribution in [-0.4, -0.2) is 66.5 Å². The molecule has 2 N–H and O–H groups in total. The van der Waals surface area contributed by atoms with Gasteiger partial charge in [-0.2, -0.15) is 0 Å². The van der Waals surface area contributed by atoms with Crippen molar-refractivity contribution in [3.63, 3.8) is 0 Å². The highest BCUT2D eigenvalue weighted by molar-refractivity contribution is 5.77. The molecule has 2 atom stereocenters. The van der Waals surface area contributed by atoms with Crippen molar-refractivity contribution in [2.75, 3.05) is 46.4 Å². The van der Waals surface area contributed by atoms with Gasteiger partial charge in [0.15, 0.2) is 0 Å². The number of hydrogen-bond acceptors (Lipinski definition) is 5. The maximum atomic E-state index is 9.67. The van der Waals surface area contributed by atoms with Crippen LogP contribution >= 0.6 is 0 Å². The van der Waals surface area contributed by atoms with Gasteiger partial charge in [0, 0.05) is 44.7 Å². The van der Waals surface area contributed by atoms with Crippen LogP contribution < -0.4 is 0 Å². The van der Waals surface area contributed by atoms with Gasteiger partial charge in [-0.15, -0.1) is 0 Å². The van der Waals surface area contributed by atoms with Crippen molar-refractivity contribution in [2.45, 2.75) is 6.54 Å². The Hall–Kier alpha value is -1.40. The predicted octanol–water partition coefficient (Wildman–Crippen LogP) is 1.40. The van der Waals surface area contributed by atoms with E-state index in [1.165, 1.54) is 5.56 Å². The molecule has 1 saturated heterocycles. The number of likely N-dealkylation sites (tertiary alicyclic amines) is 1. The van der Waals surface area contributed by atoms with Crippen LogP contribution in [0.5, 0.6) is 0 Å². The Morgan fingerprint density at radius 2 is 2.04 bits per heavy atom. The molecule has 0 amide bonds. The fourth-order valence-electron chi connectivity index (χ4n) is 3.61. The van der Waals surface area contributed by atoms with E-state index in [1.807, 2.05) is 19.2 Å². The van der Waals surface area contributed by atoms with Crippen LogP contribution in [0.4, 0.5) is 0 Å². The molecule has 5 heteroatoms. The predicted molar refractivity (Wildman–Crippen MR) is 90.1 cm³/mol. The van der Waals surface area contributed by atoms with E-state index in [2.05, 4.69) is 21.9 Å². The third kappa shape index (κ3) is 3.93. The molecular weight excluding hydrogens is 292 g/mol. The van der Waals surface area contributed by atoms with Gasteiger partial charge >= 0.3 is 0 Å². The van der Waals surface area contributed by atoms with Gasteiger partial charge in [0.05, 0.1) is 12.9 Å². The zero-order chi connectivity index (χ0) is 16.2. The summed E-state index contributed by atoms with van der Waals surface area (Å²) in [6.07, 6.45) is 1.72. The minimum absolute atomic E-state index is 0.182. The Kier molecular flexibility index (Phi) is 5.33. The topological polar surface area (TPSA) is 60.1 Å². The van der Waals surface area contributed by atoms with Crippen LogP contribution in [0.2, 0.25) is 0 Å². The van der Waals surface area contributed by atoms with E-state index in [9.17, 15) is 5.11 Å². The average Bonchev–Trinajstić information content (AvgIpc) is 3.13. The lowest BCUT2D eigenvalue weighted by atomic mass is 9.96. The summed E-state index contributed by atoms with van der Waals surface area (Å²) < 4.78 is 5.39. The standard InChI is InChI=1S/C18H26N2O3/c1-19(5-6-21)10-16-11-20(12-17(16)13-22)9-14-2-3-18-15(8-14)4-7-23-18/h2-4,7-8,16-17,21-22H,5-6,9-13H2,1H3/t16-,17-/m1/s1. The number of aliphatic hydroxyl groups excluding tert-OH is 2. The highest BCUT2D eigenvalue weighted by atomic mass is 16.3. The number of fused-ring (bicyclic) bond motifs is 1. The normalized spacial score (nSPS) is 22.4. The molecule has 0 saturated carbocycles. The van der Waals surface area contributed by atoms with Crippen molar-refractivity contribution in [2.24, 2.45) is 11.8 Å². The second kappa shape index (κ2) is 7.45. The maximum Gasteiger partial charge on any atom is 0.133 e. The van der Waals surface area contributed by atoms with Gasteiger partial charge in [-0.1, -0.05) is 6.07 Å². The Balaban J connectivity index is 1.62. The lowest BCUT2D eigenvalue weighted by Crippen LogP contribution is -2.32. The maximum absolute atomic E-state index is 9.67. The number of aliphatic hydroxyl groups is 2. The molecule has 23 heavy (non-hydrogen) atoms. The van der Waals surface area contributed by atoms with Crippen molar-refractivity contribution >= 4 is 11.0 Å². The molecule has 1 fully saturated rings. The molecule has 2 heterocycles. The summed E-state index contributed by atoms with van der Waals surface area (Å²) in [5.41, 5.74) is 2.20. The zero-order valence-corrected chi connectivity index (χ0v) is 13.7. The number of benzene rings is 1. The molecule has 0 unspecified atom stereocenters. The molecule has 0 radical (unpaired) electrons. The van der Waals surface area contributed by atoms with Gasteiger partial charge in [0.25, 0.3) is 0 Å². The van der Waals surface area contributed by atoms with Crippen molar-refractivity contribution in [1.29, 1.82) is 0 Å². The Morgan fingerprint density at radius 1 is 1.22 bits per heavy atom. The molecule has 1 aromatic carbocycles. The Morgan fingerprint density at radius 3 is 2.83 bits per heavy atom. The molecule has 0 bridgehead atoms. The molecule has 5 nitrogen and oxygen atoms in total. The highest BCUT2D eigenvalue weighted by Crippen LogP contribution is 2.26. The molecule has 3 rings (SSSR count). The molecule has 126 valence electrons. The lowest BCUT2D eigenvalue weighted by Gasteiger charge is -2.23. The fourth-order valence-corrected chi connectivity index (χ4v) is 3.61. The third-order valence-corrected chi connectivity index (χ3v) is 4.84. The molecule has 0 spiro atoms. The van der Waals surface area contributed by atoms with Crippen LogP contribution in [0, 0.1) is 11.8 Å². The van der Waals surface area contributed by atoms with Crippen molar-refractivity contribution in [3.05, 3.63) is 36.1 Å². The van der Waals surface area contributed by atoms with Crippen LogP contribution in [0.1, 0.15) is 5.56 Å². The first-order chi connectivity index (χ1) is 11.2. The first-order valence-corrected chi connectivity index (χ1v) is 8.28. The number of furan rings is 1. The SMILES string of the molecule is CN(CCO)C[C@@H]1CN(Cc2ccc3occc3c2)C[C@@H]1CO. The zero-order valence-electron chi connectivity index (χ0n) is 13.7. The van der Waals surface area contributed by atoms with Gasteiger partial charge in [0.1, 0.15) is 5.58 Å². The number of nitrogens with zero attached hydrogens (tertiary/aromatic N) is 2. The van der Waals surface area contributed by atoms with Crippen molar-refractivity contribution in [1.82, 2.24) is 9.80 Å². The second-order valence-electron chi connectivity index (χ2n) is 6.68. The van der Waals surface area contributed by atoms with Crippen molar-refractivity contribution < 1.29 is 14.6 Å². The van der Waals surface area contributed by atoms with Gasteiger partial charge in [-0.3, -0.25) is 4.90 Å². The Bertz CT molecular complexity index is 628.